The van der Waals surface area contributed by atoms with E-state index >= 15 is 0 Å². The molecule has 0 bridgehead atoms. The Morgan fingerprint density at radius 1 is 1.23 bits per heavy atom. The van der Waals surface area contributed by atoms with Crippen LogP contribution in [-0.4, -0.2) is 43.1 Å². The van der Waals surface area contributed by atoms with Gasteiger partial charge in [-0.15, -0.1) is 0 Å². The number of aliphatic carboxylic acids is 1. The Balaban J connectivity index is 2.37. The van der Waals surface area contributed by atoms with Crippen LogP contribution >= 0.6 is 0 Å². The Kier molecular flexibility index (Phi) is 5.61. The molecule has 1 aromatic carbocycles. The van der Waals surface area contributed by atoms with Gasteiger partial charge < -0.3 is 15.3 Å². The standard InChI is InChI=1S/C17H19N3O6/c1-9(2)20-15(23)12(14(22)19-17(20)26)8-18-13(16(24)25)7-10-3-5-11(21)6-4-10/h3-6,8-9,13,21,23H,7H2,1-2H3,(H,24,25)(H,19,22,26). The molecule has 1 unspecified atom stereocenters. The third-order valence-corrected chi connectivity index (χ3v) is 3.70. The largest absolute Gasteiger partial charge is 0.508 e. The van der Waals surface area contributed by atoms with Crippen molar-refractivity contribution in [2.75, 3.05) is 0 Å². The lowest BCUT2D eigenvalue weighted by Crippen LogP contribution is -2.33. The highest BCUT2D eigenvalue weighted by Crippen LogP contribution is 2.15. The van der Waals surface area contributed by atoms with Gasteiger partial charge in [0, 0.05) is 18.7 Å². The second-order valence-corrected chi connectivity index (χ2v) is 5.96. The first-order chi connectivity index (χ1) is 12.2. The van der Waals surface area contributed by atoms with E-state index < -0.39 is 35.2 Å². The second-order valence-electron chi connectivity index (χ2n) is 5.96. The number of benzene rings is 1. The SMILES string of the molecule is CC(C)n1c(O)c(C=NC(Cc2ccc(O)cc2)C(=O)O)c(=O)[nH]c1=O. The fourth-order valence-corrected chi connectivity index (χ4v) is 2.37. The molecule has 2 rings (SSSR count). The summed E-state index contributed by atoms with van der Waals surface area (Å²) in [6.07, 6.45) is 0.973. The zero-order valence-corrected chi connectivity index (χ0v) is 14.2. The fraction of sp³-hybridized carbons (Fsp3) is 0.294. The lowest BCUT2D eigenvalue weighted by Gasteiger charge is -2.13. The Hall–Kier alpha value is -3.36. The van der Waals surface area contributed by atoms with E-state index in [0.29, 0.717) is 5.56 Å². The normalized spacial score (nSPS) is 12.6. The van der Waals surface area contributed by atoms with Crippen molar-refractivity contribution in [1.82, 2.24) is 9.55 Å². The first kappa shape index (κ1) is 19.0. The number of aliphatic imine (C=N–C) groups is 1. The summed E-state index contributed by atoms with van der Waals surface area (Å²) >= 11 is 0. The Morgan fingerprint density at radius 2 is 1.85 bits per heavy atom. The first-order valence-corrected chi connectivity index (χ1v) is 7.82. The van der Waals surface area contributed by atoms with Gasteiger partial charge in [-0.3, -0.25) is 19.3 Å². The van der Waals surface area contributed by atoms with Crippen molar-refractivity contribution in [2.24, 2.45) is 4.99 Å². The molecule has 0 aliphatic rings. The molecule has 4 N–H and O–H groups in total. The lowest BCUT2D eigenvalue weighted by atomic mass is 10.1. The summed E-state index contributed by atoms with van der Waals surface area (Å²) in [4.78, 5) is 41.0. The molecule has 0 radical (unpaired) electrons. The molecule has 9 heteroatoms. The molecule has 1 heterocycles. The predicted octanol–water partition coefficient (Wildman–Crippen LogP) is 0.643. The van der Waals surface area contributed by atoms with Crippen LogP contribution in [-0.2, 0) is 11.2 Å². The number of phenols is 1. The molecular formula is C17H19N3O6. The van der Waals surface area contributed by atoms with Crippen molar-refractivity contribution < 1.29 is 20.1 Å². The monoisotopic (exact) mass is 361 g/mol. The fourth-order valence-electron chi connectivity index (χ4n) is 2.37. The minimum absolute atomic E-state index is 0.0224. The number of hydrogen-bond acceptors (Lipinski definition) is 6. The second kappa shape index (κ2) is 7.68. The number of nitrogens with zero attached hydrogens (tertiary/aromatic N) is 2. The van der Waals surface area contributed by atoms with Crippen LogP contribution in [0.15, 0.2) is 38.8 Å². The highest BCUT2D eigenvalue weighted by atomic mass is 16.4. The van der Waals surface area contributed by atoms with Gasteiger partial charge in [-0.05, 0) is 31.5 Å². The molecule has 1 atom stereocenters. The summed E-state index contributed by atoms with van der Waals surface area (Å²) in [6, 6.07) is 4.34. The van der Waals surface area contributed by atoms with E-state index in [4.69, 9.17) is 0 Å². The molecule has 26 heavy (non-hydrogen) atoms. The zero-order chi connectivity index (χ0) is 19.4. The van der Waals surface area contributed by atoms with Crippen LogP contribution in [0.4, 0.5) is 0 Å². The number of carboxylic acid groups (broad SMARTS) is 1. The van der Waals surface area contributed by atoms with Crippen molar-refractivity contribution in [2.45, 2.75) is 32.4 Å². The van der Waals surface area contributed by atoms with E-state index in [2.05, 4.69) is 9.98 Å². The molecule has 9 nitrogen and oxygen atoms in total. The predicted molar refractivity (Wildman–Crippen MR) is 94.2 cm³/mol. The molecule has 2 aromatic rings. The number of aromatic amines is 1. The molecule has 0 amide bonds. The molecule has 0 saturated carbocycles. The number of H-pyrrole nitrogens is 1. The average Bonchev–Trinajstić information content (AvgIpc) is 2.54. The molecule has 0 aliphatic heterocycles. The minimum Gasteiger partial charge on any atom is -0.508 e. The molecule has 0 aliphatic carbocycles. The zero-order valence-electron chi connectivity index (χ0n) is 14.2. The van der Waals surface area contributed by atoms with Gasteiger partial charge in [0.05, 0.1) is 0 Å². The molecular weight excluding hydrogens is 342 g/mol. The third kappa shape index (κ3) is 4.18. The van der Waals surface area contributed by atoms with Crippen LogP contribution in [0.1, 0.15) is 31.0 Å². The van der Waals surface area contributed by atoms with E-state index in [1.807, 2.05) is 0 Å². The van der Waals surface area contributed by atoms with Crippen LogP contribution in [0.25, 0.3) is 0 Å². The molecule has 0 saturated heterocycles. The number of carbonyl (C=O) groups is 1. The maximum Gasteiger partial charge on any atom is 0.331 e. The third-order valence-electron chi connectivity index (χ3n) is 3.70. The van der Waals surface area contributed by atoms with Crippen molar-refractivity contribution in [3.8, 4) is 11.6 Å². The molecule has 138 valence electrons. The topological polar surface area (TPSA) is 145 Å². The van der Waals surface area contributed by atoms with E-state index in [1.54, 1.807) is 26.0 Å². The van der Waals surface area contributed by atoms with Crippen molar-refractivity contribution in [3.63, 3.8) is 0 Å². The van der Waals surface area contributed by atoms with Gasteiger partial charge in [0.2, 0.25) is 5.88 Å². The van der Waals surface area contributed by atoms with E-state index in [-0.39, 0.29) is 17.7 Å². The summed E-state index contributed by atoms with van der Waals surface area (Å²) in [7, 11) is 0. The van der Waals surface area contributed by atoms with Crippen LogP contribution in [0.3, 0.4) is 0 Å². The van der Waals surface area contributed by atoms with Gasteiger partial charge in [0.15, 0.2) is 6.04 Å². The van der Waals surface area contributed by atoms with Gasteiger partial charge in [-0.2, -0.15) is 0 Å². The molecule has 1 aromatic heterocycles. The maximum atomic E-state index is 11.9. The van der Waals surface area contributed by atoms with Gasteiger partial charge >= 0.3 is 11.7 Å². The number of aromatic hydroxyl groups is 2. The van der Waals surface area contributed by atoms with Gasteiger partial charge in [-0.1, -0.05) is 12.1 Å². The van der Waals surface area contributed by atoms with Crippen molar-refractivity contribution >= 4 is 12.2 Å². The van der Waals surface area contributed by atoms with Gasteiger partial charge in [-0.25, -0.2) is 9.59 Å². The summed E-state index contributed by atoms with van der Waals surface area (Å²) < 4.78 is 0.971. The number of hydrogen-bond donors (Lipinski definition) is 4. The smallest absolute Gasteiger partial charge is 0.331 e. The van der Waals surface area contributed by atoms with E-state index in [9.17, 15) is 29.7 Å². The number of phenolic OH excluding ortho intramolecular Hbond substituents is 1. The molecule has 0 fully saturated rings. The number of aromatic nitrogens is 2. The summed E-state index contributed by atoms with van der Waals surface area (Å²) in [5.74, 6) is -1.75. The van der Waals surface area contributed by atoms with Gasteiger partial charge in [0.1, 0.15) is 11.3 Å². The number of carboxylic acids is 1. The summed E-state index contributed by atoms with van der Waals surface area (Å²) in [6.45, 7) is 3.29. The Morgan fingerprint density at radius 3 is 2.38 bits per heavy atom. The Labute approximate surface area is 147 Å². The Bertz CT molecular complexity index is 940. The highest BCUT2D eigenvalue weighted by molar-refractivity contribution is 5.85. The number of rotatable bonds is 6. The molecule has 0 spiro atoms. The maximum absolute atomic E-state index is 11.9. The quantitative estimate of drug-likeness (QED) is 0.556. The van der Waals surface area contributed by atoms with Crippen LogP contribution < -0.4 is 11.2 Å². The van der Waals surface area contributed by atoms with Crippen molar-refractivity contribution in [1.29, 1.82) is 0 Å². The van der Waals surface area contributed by atoms with Gasteiger partial charge in [0.25, 0.3) is 5.56 Å². The van der Waals surface area contributed by atoms with Crippen LogP contribution in [0, 0.1) is 0 Å². The number of nitrogens with one attached hydrogen (secondary N) is 1. The lowest BCUT2D eigenvalue weighted by molar-refractivity contribution is -0.138. The van der Waals surface area contributed by atoms with E-state index in [0.717, 1.165) is 10.8 Å². The van der Waals surface area contributed by atoms with Crippen LogP contribution in [0.5, 0.6) is 11.6 Å². The first-order valence-electron chi connectivity index (χ1n) is 7.82. The van der Waals surface area contributed by atoms with Crippen molar-refractivity contribution in [3.05, 3.63) is 56.2 Å². The highest BCUT2D eigenvalue weighted by Gasteiger charge is 2.19. The minimum atomic E-state index is -1.22. The average molecular weight is 361 g/mol. The van der Waals surface area contributed by atoms with Crippen LogP contribution in [0.2, 0.25) is 0 Å². The summed E-state index contributed by atoms with van der Waals surface area (Å²) in [5, 5.41) is 28.8. The summed E-state index contributed by atoms with van der Waals surface area (Å²) in [5.41, 5.74) is -1.30. The van der Waals surface area contributed by atoms with E-state index in [1.165, 1.54) is 12.1 Å².